The van der Waals surface area contributed by atoms with E-state index in [0.29, 0.717) is 18.5 Å². The Hall–Kier alpha value is -1.49. The zero-order chi connectivity index (χ0) is 14.0. The molecule has 1 heterocycles. The molecule has 0 radical (unpaired) electrons. The molecule has 104 valence electrons. The molecule has 0 aromatic heterocycles. The number of carboxylic acids is 1. The fourth-order valence-corrected chi connectivity index (χ4v) is 2.60. The van der Waals surface area contributed by atoms with E-state index in [1.165, 1.54) is 12.1 Å². The molecule has 1 fully saturated rings. The summed E-state index contributed by atoms with van der Waals surface area (Å²) in [5.41, 5.74) is -0.493. The third-order valence-corrected chi connectivity index (χ3v) is 3.80. The molecule has 1 N–H and O–H groups in total. The lowest BCUT2D eigenvalue weighted by Crippen LogP contribution is -2.54. The van der Waals surface area contributed by atoms with Gasteiger partial charge in [-0.2, -0.15) is 0 Å². The second-order valence-electron chi connectivity index (χ2n) is 5.24. The summed E-state index contributed by atoms with van der Waals surface area (Å²) in [6, 6.07) is 3.32. The van der Waals surface area contributed by atoms with E-state index in [-0.39, 0.29) is 6.54 Å². The van der Waals surface area contributed by atoms with E-state index in [1.807, 2.05) is 0 Å². The van der Waals surface area contributed by atoms with Crippen molar-refractivity contribution in [3.05, 3.63) is 35.4 Å². The molecule has 1 atom stereocenters. The topological polar surface area (TPSA) is 40.5 Å². The zero-order valence-corrected chi connectivity index (χ0v) is 10.8. The summed E-state index contributed by atoms with van der Waals surface area (Å²) in [6.07, 6.45) is 2.32. The third-order valence-electron chi connectivity index (χ3n) is 3.80. The first kappa shape index (κ1) is 13.9. The second kappa shape index (κ2) is 5.25. The van der Waals surface area contributed by atoms with Gasteiger partial charge in [0.1, 0.15) is 17.2 Å². The van der Waals surface area contributed by atoms with Crippen LogP contribution in [0.4, 0.5) is 8.78 Å². The maximum Gasteiger partial charge on any atom is 0.323 e. The van der Waals surface area contributed by atoms with Gasteiger partial charge in [-0.05, 0) is 50.4 Å². The Balaban J connectivity index is 2.22. The molecule has 1 unspecified atom stereocenters. The van der Waals surface area contributed by atoms with Gasteiger partial charge in [-0.3, -0.25) is 9.69 Å². The van der Waals surface area contributed by atoms with E-state index in [2.05, 4.69) is 0 Å². The Morgan fingerprint density at radius 2 is 1.95 bits per heavy atom. The van der Waals surface area contributed by atoms with Crippen LogP contribution in [0.3, 0.4) is 0 Å². The lowest BCUT2D eigenvalue weighted by molar-refractivity contribution is -0.153. The fourth-order valence-electron chi connectivity index (χ4n) is 2.60. The number of benzene rings is 1. The first-order chi connectivity index (χ1) is 8.91. The molecule has 1 aliphatic rings. The quantitative estimate of drug-likeness (QED) is 0.917. The number of nitrogens with zero attached hydrogens (tertiary/aromatic N) is 1. The number of hydrogen-bond donors (Lipinski definition) is 1. The standard InChI is InChI=1S/C14H17F2NO2/c1-14(13(18)19)4-2-3-5-17(14)9-10-6-11(15)8-12(16)7-10/h6-8H,2-5,9H2,1H3,(H,18,19). The van der Waals surface area contributed by atoms with E-state index in [1.54, 1.807) is 11.8 Å². The molecule has 1 aromatic carbocycles. The molecule has 0 saturated carbocycles. The lowest BCUT2D eigenvalue weighted by Gasteiger charge is -2.41. The van der Waals surface area contributed by atoms with Crippen molar-refractivity contribution >= 4 is 5.97 Å². The summed E-state index contributed by atoms with van der Waals surface area (Å²) < 4.78 is 26.3. The average molecular weight is 269 g/mol. The minimum atomic E-state index is -0.957. The van der Waals surface area contributed by atoms with E-state index < -0.39 is 23.1 Å². The maximum atomic E-state index is 13.2. The Bertz CT molecular complexity index is 472. The van der Waals surface area contributed by atoms with Crippen LogP contribution in [0, 0.1) is 11.6 Å². The Morgan fingerprint density at radius 3 is 2.53 bits per heavy atom. The van der Waals surface area contributed by atoms with Crippen LogP contribution < -0.4 is 0 Å². The van der Waals surface area contributed by atoms with Crippen molar-refractivity contribution in [1.82, 2.24) is 4.90 Å². The molecule has 0 amide bonds. The molecule has 0 bridgehead atoms. The molecule has 2 rings (SSSR count). The number of carbonyl (C=O) groups is 1. The van der Waals surface area contributed by atoms with Crippen molar-refractivity contribution in [1.29, 1.82) is 0 Å². The molecule has 1 saturated heterocycles. The number of halogens is 2. The van der Waals surface area contributed by atoms with Gasteiger partial charge in [-0.15, -0.1) is 0 Å². The highest BCUT2D eigenvalue weighted by Gasteiger charge is 2.41. The zero-order valence-electron chi connectivity index (χ0n) is 10.8. The average Bonchev–Trinajstić information content (AvgIpc) is 2.30. The molecule has 1 aliphatic heterocycles. The van der Waals surface area contributed by atoms with E-state index in [0.717, 1.165) is 18.9 Å². The predicted octanol–water partition coefficient (Wildman–Crippen LogP) is 2.79. The highest BCUT2D eigenvalue weighted by atomic mass is 19.1. The predicted molar refractivity (Wildman–Crippen MR) is 66.7 cm³/mol. The van der Waals surface area contributed by atoms with Crippen LogP contribution in [-0.2, 0) is 11.3 Å². The molecule has 1 aromatic rings. The van der Waals surface area contributed by atoms with Crippen LogP contribution in [0.5, 0.6) is 0 Å². The van der Waals surface area contributed by atoms with Crippen LogP contribution in [-0.4, -0.2) is 28.1 Å². The molecular weight excluding hydrogens is 252 g/mol. The van der Waals surface area contributed by atoms with Crippen molar-refractivity contribution in [2.24, 2.45) is 0 Å². The van der Waals surface area contributed by atoms with Crippen molar-refractivity contribution in [3.8, 4) is 0 Å². The van der Waals surface area contributed by atoms with Crippen LogP contribution in [0.1, 0.15) is 31.7 Å². The van der Waals surface area contributed by atoms with Crippen LogP contribution in [0.15, 0.2) is 18.2 Å². The lowest BCUT2D eigenvalue weighted by atomic mass is 9.88. The highest BCUT2D eigenvalue weighted by molar-refractivity contribution is 5.78. The van der Waals surface area contributed by atoms with Gasteiger partial charge in [0.05, 0.1) is 0 Å². The molecule has 0 aliphatic carbocycles. The summed E-state index contributed by atoms with van der Waals surface area (Å²) >= 11 is 0. The van der Waals surface area contributed by atoms with E-state index >= 15 is 0 Å². The maximum absolute atomic E-state index is 13.2. The number of likely N-dealkylation sites (tertiary alicyclic amines) is 1. The van der Waals surface area contributed by atoms with Gasteiger partial charge in [-0.1, -0.05) is 0 Å². The fraction of sp³-hybridized carbons (Fsp3) is 0.500. The minimum Gasteiger partial charge on any atom is -0.480 e. The van der Waals surface area contributed by atoms with Gasteiger partial charge in [0.25, 0.3) is 0 Å². The number of aliphatic carboxylic acids is 1. The largest absolute Gasteiger partial charge is 0.480 e. The Labute approximate surface area is 110 Å². The number of piperidine rings is 1. The Morgan fingerprint density at radius 1 is 1.32 bits per heavy atom. The van der Waals surface area contributed by atoms with Gasteiger partial charge in [0.15, 0.2) is 0 Å². The van der Waals surface area contributed by atoms with Gasteiger partial charge < -0.3 is 5.11 Å². The van der Waals surface area contributed by atoms with Crippen LogP contribution in [0.2, 0.25) is 0 Å². The molecular formula is C14H17F2NO2. The summed E-state index contributed by atoms with van der Waals surface area (Å²) in [6.45, 7) is 2.54. The normalized spacial score (nSPS) is 24.4. The first-order valence-electron chi connectivity index (χ1n) is 6.35. The van der Waals surface area contributed by atoms with Crippen molar-refractivity contribution in [2.45, 2.75) is 38.3 Å². The summed E-state index contributed by atoms with van der Waals surface area (Å²) in [5.74, 6) is -2.16. The molecule has 5 heteroatoms. The second-order valence-corrected chi connectivity index (χ2v) is 5.24. The SMILES string of the molecule is CC1(C(=O)O)CCCCN1Cc1cc(F)cc(F)c1. The van der Waals surface area contributed by atoms with Gasteiger partial charge in [0.2, 0.25) is 0 Å². The number of hydrogen-bond acceptors (Lipinski definition) is 2. The third kappa shape index (κ3) is 2.92. The first-order valence-corrected chi connectivity index (χ1v) is 6.35. The monoisotopic (exact) mass is 269 g/mol. The van der Waals surface area contributed by atoms with Gasteiger partial charge >= 0.3 is 5.97 Å². The smallest absolute Gasteiger partial charge is 0.323 e. The number of rotatable bonds is 3. The van der Waals surface area contributed by atoms with Gasteiger partial charge in [0, 0.05) is 12.6 Å². The summed E-state index contributed by atoms with van der Waals surface area (Å²) in [4.78, 5) is 13.2. The Kier molecular flexibility index (Phi) is 3.85. The highest BCUT2D eigenvalue weighted by Crippen LogP contribution is 2.30. The van der Waals surface area contributed by atoms with Gasteiger partial charge in [-0.25, -0.2) is 8.78 Å². The van der Waals surface area contributed by atoms with Crippen molar-refractivity contribution in [2.75, 3.05) is 6.54 Å². The van der Waals surface area contributed by atoms with Crippen LogP contribution in [0.25, 0.3) is 0 Å². The van der Waals surface area contributed by atoms with E-state index in [4.69, 9.17) is 0 Å². The van der Waals surface area contributed by atoms with Crippen molar-refractivity contribution in [3.63, 3.8) is 0 Å². The molecule has 19 heavy (non-hydrogen) atoms. The molecule has 0 spiro atoms. The van der Waals surface area contributed by atoms with Crippen LogP contribution >= 0.6 is 0 Å². The van der Waals surface area contributed by atoms with E-state index in [9.17, 15) is 18.7 Å². The molecule has 3 nitrogen and oxygen atoms in total. The minimum absolute atomic E-state index is 0.248. The summed E-state index contributed by atoms with van der Waals surface area (Å²) in [7, 11) is 0. The number of carboxylic acid groups (broad SMARTS) is 1. The summed E-state index contributed by atoms with van der Waals surface area (Å²) in [5, 5.41) is 9.37. The van der Waals surface area contributed by atoms with Crippen molar-refractivity contribution < 1.29 is 18.7 Å².